The number of hydrogen-bond donors (Lipinski definition) is 1. The third kappa shape index (κ3) is 7.41. The van der Waals surface area contributed by atoms with Gasteiger partial charge in [0, 0.05) is 39.1 Å². The van der Waals surface area contributed by atoms with Gasteiger partial charge in [0.2, 0.25) is 5.91 Å². The molecule has 1 aromatic carbocycles. The Bertz CT molecular complexity index is 702. The number of nitrogens with zero attached hydrogens (tertiary/aromatic N) is 3. The summed E-state index contributed by atoms with van der Waals surface area (Å²) in [5, 5.41) is 3.40. The van der Waals surface area contributed by atoms with E-state index in [4.69, 9.17) is 14.2 Å². The lowest BCUT2D eigenvalue weighted by atomic mass is 9.95. The van der Waals surface area contributed by atoms with E-state index >= 15 is 0 Å². The van der Waals surface area contributed by atoms with Crippen LogP contribution in [0.15, 0.2) is 29.3 Å². The van der Waals surface area contributed by atoms with Crippen molar-refractivity contribution in [2.24, 2.45) is 10.9 Å². The molecule has 0 radical (unpaired) electrons. The van der Waals surface area contributed by atoms with Crippen LogP contribution in [-0.2, 0) is 9.53 Å². The maximum absolute atomic E-state index is 12.7. The summed E-state index contributed by atoms with van der Waals surface area (Å²) >= 11 is 0. The number of likely N-dealkylation sites (tertiary alicyclic amines) is 1. The summed E-state index contributed by atoms with van der Waals surface area (Å²) < 4.78 is 16.5. The Balaban J connectivity index is 0.00000341. The van der Waals surface area contributed by atoms with E-state index in [1.54, 1.807) is 14.2 Å². The van der Waals surface area contributed by atoms with Crippen molar-refractivity contribution < 1.29 is 19.0 Å². The molecule has 2 fully saturated rings. The summed E-state index contributed by atoms with van der Waals surface area (Å²) in [7, 11) is 3.44. The van der Waals surface area contributed by atoms with Crippen molar-refractivity contribution in [3.63, 3.8) is 0 Å². The molecule has 0 spiro atoms. The second kappa shape index (κ2) is 12.9. The summed E-state index contributed by atoms with van der Waals surface area (Å²) in [6, 6.07) is 7.58. The van der Waals surface area contributed by atoms with Crippen LogP contribution in [0.2, 0.25) is 0 Å². The average Bonchev–Trinajstić information content (AvgIpc) is 2.80. The SMILES string of the molecule is CN=C(NCC(C)Oc1ccc(OC)cc1)N1CCC(C(=O)N2CCOCC2)CC1.I. The smallest absolute Gasteiger partial charge is 0.225 e. The third-order valence-corrected chi connectivity index (χ3v) is 5.62. The highest BCUT2D eigenvalue weighted by Gasteiger charge is 2.30. The molecule has 2 aliphatic heterocycles. The Morgan fingerprint density at radius 2 is 1.74 bits per heavy atom. The van der Waals surface area contributed by atoms with E-state index in [1.807, 2.05) is 36.1 Å². The number of nitrogens with one attached hydrogen (secondary N) is 1. The molecule has 3 rings (SSSR count). The van der Waals surface area contributed by atoms with Crippen LogP contribution in [0.4, 0.5) is 0 Å². The van der Waals surface area contributed by atoms with Crippen molar-refractivity contribution in [2.45, 2.75) is 25.9 Å². The zero-order valence-corrected chi connectivity index (χ0v) is 21.0. The predicted octanol–water partition coefficient (Wildman–Crippen LogP) is 2.23. The van der Waals surface area contributed by atoms with Gasteiger partial charge in [0.05, 0.1) is 26.9 Å². The Morgan fingerprint density at radius 3 is 2.32 bits per heavy atom. The van der Waals surface area contributed by atoms with Crippen LogP contribution in [0.3, 0.4) is 0 Å². The lowest BCUT2D eigenvalue weighted by molar-refractivity contribution is -0.140. The van der Waals surface area contributed by atoms with Crippen molar-refractivity contribution in [3.05, 3.63) is 24.3 Å². The van der Waals surface area contributed by atoms with E-state index in [0.29, 0.717) is 32.8 Å². The number of morpholine rings is 1. The summed E-state index contributed by atoms with van der Waals surface area (Å²) in [5.41, 5.74) is 0. The van der Waals surface area contributed by atoms with Gasteiger partial charge < -0.3 is 29.3 Å². The fourth-order valence-electron chi connectivity index (χ4n) is 3.88. The number of hydrogen-bond acceptors (Lipinski definition) is 5. The second-order valence-corrected chi connectivity index (χ2v) is 7.73. The fraction of sp³-hybridized carbons (Fsp3) is 0.636. The standard InChI is InChI=1S/C22H34N4O4.HI/c1-17(30-20-6-4-19(28-3)5-7-20)16-24-22(23-2)26-10-8-18(9-11-26)21(27)25-12-14-29-15-13-25;/h4-7,17-18H,8-16H2,1-3H3,(H,23,24);1H. The van der Waals surface area contributed by atoms with Gasteiger partial charge in [-0.05, 0) is 44.0 Å². The molecular formula is C22H35IN4O4. The van der Waals surface area contributed by atoms with Gasteiger partial charge >= 0.3 is 0 Å². The summed E-state index contributed by atoms with van der Waals surface area (Å²) in [4.78, 5) is 21.3. The molecule has 1 unspecified atom stereocenters. The molecule has 0 aromatic heterocycles. The number of rotatable bonds is 6. The number of carbonyl (C=O) groups is 1. The first kappa shape index (κ1) is 25.5. The number of amides is 1. The van der Waals surface area contributed by atoms with Crippen LogP contribution < -0.4 is 14.8 Å². The molecule has 174 valence electrons. The number of aliphatic imine (C=N–C) groups is 1. The zero-order valence-electron chi connectivity index (χ0n) is 18.7. The van der Waals surface area contributed by atoms with Crippen LogP contribution in [0.25, 0.3) is 0 Å². The first-order valence-electron chi connectivity index (χ1n) is 10.7. The normalized spacial score (nSPS) is 18.7. The fourth-order valence-corrected chi connectivity index (χ4v) is 3.88. The van der Waals surface area contributed by atoms with Gasteiger partial charge in [0.25, 0.3) is 0 Å². The van der Waals surface area contributed by atoms with Crippen LogP contribution >= 0.6 is 24.0 Å². The maximum Gasteiger partial charge on any atom is 0.225 e. The van der Waals surface area contributed by atoms with Gasteiger partial charge in [-0.3, -0.25) is 9.79 Å². The van der Waals surface area contributed by atoms with Crippen LogP contribution in [0, 0.1) is 5.92 Å². The summed E-state index contributed by atoms with van der Waals surface area (Å²) in [6.45, 7) is 7.06. The van der Waals surface area contributed by atoms with Crippen molar-refractivity contribution in [3.8, 4) is 11.5 Å². The first-order chi connectivity index (χ1) is 14.6. The van der Waals surface area contributed by atoms with Crippen LogP contribution in [-0.4, -0.2) is 87.9 Å². The molecule has 9 heteroatoms. The number of piperidine rings is 1. The molecule has 2 saturated heterocycles. The highest BCUT2D eigenvalue weighted by atomic mass is 127. The van der Waals surface area contributed by atoms with Crippen LogP contribution in [0.1, 0.15) is 19.8 Å². The molecule has 2 heterocycles. The number of halogens is 1. The van der Waals surface area contributed by atoms with Crippen LogP contribution in [0.5, 0.6) is 11.5 Å². The topological polar surface area (TPSA) is 75.6 Å². The molecule has 1 amide bonds. The number of guanidine groups is 1. The zero-order chi connectivity index (χ0) is 21.3. The monoisotopic (exact) mass is 546 g/mol. The van der Waals surface area contributed by atoms with Crippen molar-refractivity contribution in [1.82, 2.24) is 15.1 Å². The minimum Gasteiger partial charge on any atom is -0.497 e. The molecule has 1 atom stereocenters. The minimum absolute atomic E-state index is 0. The van der Waals surface area contributed by atoms with Crippen molar-refractivity contribution in [1.29, 1.82) is 0 Å². The Morgan fingerprint density at radius 1 is 1.13 bits per heavy atom. The van der Waals surface area contributed by atoms with Gasteiger partial charge in [-0.2, -0.15) is 0 Å². The number of benzene rings is 1. The molecular weight excluding hydrogens is 511 g/mol. The predicted molar refractivity (Wildman–Crippen MR) is 132 cm³/mol. The molecule has 31 heavy (non-hydrogen) atoms. The highest BCUT2D eigenvalue weighted by molar-refractivity contribution is 14.0. The first-order valence-corrected chi connectivity index (χ1v) is 10.7. The van der Waals surface area contributed by atoms with E-state index in [-0.39, 0.29) is 41.9 Å². The average molecular weight is 546 g/mol. The Hall–Kier alpha value is -1.75. The molecule has 0 aliphatic carbocycles. The lowest BCUT2D eigenvalue weighted by Gasteiger charge is -2.37. The van der Waals surface area contributed by atoms with Crippen molar-refractivity contribution >= 4 is 35.8 Å². The molecule has 8 nitrogen and oxygen atoms in total. The number of carbonyl (C=O) groups excluding carboxylic acids is 1. The van der Waals surface area contributed by atoms with Gasteiger partial charge in [0.15, 0.2) is 5.96 Å². The van der Waals surface area contributed by atoms with Crippen molar-refractivity contribution in [2.75, 3.05) is 60.1 Å². The minimum atomic E-state index is -0.0180. The highest BCUT2D eigenvalue weighted by Crippen LogP contribution is 2.21. The molecule has 0 bridgehead atoms. The van der Waals surface area contributed by atoms with E-state index < -0.39 is 0 Å². The molecule has 1 aromatic rings. The third-order valence-electron chi connectivity index (χ3n) is 5.62. The van der Waals surface area contributed by atoms with Gasteiger partial charge in [0.1, 0.15) is 17.6 Å². The van der Waals surface area contributed by atoms with E-state index in [9.17, 15) is 4.79 Å². The maximum atomic E-state index is 12.7. The summed E-state index contributed by atoms with van der Waals surface area (Å²) in [6.07, 6.45) is 1.69. The van der Waals surface area contributed by atoms with Gasteiger partial charge in [-0.15, -0.1) is 24.0 Å². The van der Waals surface area contributed by atoms with E-state index in [2.05, 4.69) is 15.2 Å². The second-order valence-electron chi connectivity index (χ2n) is 7.73. The lowest BCUT2D eigenvalue weighted by Crippen LogP contribution is -2.50. The van der Waals surface area contributed by atoms with E-state index in [1.165, 1.54) is 0 Å². The number of methoxy groups -OCH3 is 1. The Kier molecular flexibility index (Phi) is 10.7. The molecule has 0 saturated carbocycles. The Labute approximate surface area is 202 Å². The van der Waals surface area contributed by atoms with Gasteiger partial charge in [-0.25, -0.2) is 0 Å². The molecule has 1 N–H and O–H groups in total. The van der Waals surface area contributed by atoms with E-state index in [0.717, 1.165) is 43.4 Å². The quantitative estimate of drug-likeness (QED) is 0.335. The van der Waals surface area contributed by atoms with Gasteiger partial charge in [-0.1, -0.05) is 0 Å². The number of ether oxygens (including phenoxy) is 3. The largest absolute Gasteiger partial charge is 0.497 e. The summed E-state index contributed by atoms with van der Waals surface area (Å²) in [5.74, 6) is 2.86. The molecule has 2 aliphatic rings.